The lowest BCUT2D eigenvalue weighted by Gasteiger charge is -2.05. The SMILES string of the molecule is CC1(c2noc(COc3ccccc3N)n2)CC1. The van der Waals surface area contributed by atoms with Crippen molar-refractivity contribution in [2.45, 2.75) is 31.8 Å². The number of aromatic nitrogens is 2. The summed E-state index contributed by atoms with van der Waals surface area (Å²) in [6.07, 6.45) is 2.25. The van der Waals surface area contributed by atoms with Crippen LogP contribution in [0.1, 0.15) is 31.5 Å². The van der Waals surface area contributed by atoms with E-state index < -0.39 is 0 Å². The van der Waals surface area contributed by atoms with E-state index in [1.807, 2.05) is 18.2 Å². The molecule has 2 aromatic rings. The van der Waals surface area contributed by atoms with Crippen molar-refractivity contribution in [3.63, 3.8) is 0 Å². The number of para-hydroxylation sites is 2. The Morgan fingerprint density at radius 3 is 2.89 bits per heavy atom. The highest BCUT2D eigenvalue weighted by Crippen LogP contribution is 2.45. The molecule has 0 bridgehead atoms. The minimum Gasteiger partial charge on any atom is -0.482 e. The molecule has 0 spiro atoms. The molecule has 94 valence electrons. The van der Waals surface area contributed by atoms with Crippen LogP contribution in [0.25, 0.3) is 0 Å². The molecule has 0 atom stereocenters. The number of nitrogen functional groups attached to an aromatic ring is 1. The highest BCUT2D eigenvalue weighted by atomic mass is 16.5. The van der Waals surface area contributed by atoms with E-state index in [2.05, 4.69) is 17.1 Å². The Kier molecular flexibility index (Phi) is 2.47. The molecule has 1 aromatic carbocycles. The number of ether oxygens (including phenoxy) is 1. The van der Waals surface area contributed by atoms with Gasteiger partial charge in [-0.15, -0.1) is 0 Å². The Labute approximate surface area is 105 Å². The van der Waals surface area contributed by atoms with Crippen molar-refractivity contribution in [1.29, 1.82) is 0 Å². The maximum atomic E-state index is 5.78. The fourth-order valence-corrected chi connectivity index (χ4v) is 1.72. The summed E-state index contributed by atoms with van der Waals surface area (Å²) in [4.78, 5) is 4.35. The molecule has 0 aliphatic heterocycles. The zero-order valence-electron chi connectivity index (χ0n) is 10.2. The van der Waals surface area contributed by atoms with Crippen LogP contribution in [0.15, 0.2) is 28.8 Å². The first-order chi connectivity index (χ1) is 8.67. The monoisotopic (exact) mass is 245 g/mol. The lowest BCUT2D eigenvalue weighted by atomic mass is 10.1. The van der Waals surface area contributed by atoms with Crippen LogP contribution in [0.2, 0.25) is 0 Å². The van der Waals surface area contributed by atoms with Gasteiger partial charge < -0.3 is 15.0 Å². The van der Waals surface area contributed by atoms with Crippen LogP contribution in [0, 0.1) is 0 Å². The predicted octanol–water partition coefficient (Wildman–Crippen LogP) is 2.28. The van der Waals surface area contributed by atoms with Gasteiger partial charge in [0.15, 0.2) is 12.4 Å². The van der Waals surface area contributed by atoms with Gasteiger partial charge >= 0.3 is 0 Å². The number of anilines is 1. The molecule has 1 saturated carbocycles. The summed E-state index contributed by atoms with van der Waals surface area (Å²) in [6, 6.07) is 7.34. The van der Waals surface area contributed by atoms with Crippen LogP contribution in [0.3, 0.4) is 0 Å². The molecule has 1 aliphatic carbocycles. The number of hydrogen-bond acceptors (Lipinski definition) is 5. The van der Waals surface area contributed by atoms with Crippen molar-refractivity contribution >= 4 is 5.69 Å². The second kappa shape index (κ2) is 4.01. The summed E-state index contributed by atoms with van der Waals surface area (Å²) in [5.74, 6) is 1.90. The van der Waals surface area contributed by atoms with E-state index in [4.69, 9.17) is 15.0 Å². The molecular formula is C13H15N3O2. The number of rotatable bonds is 4. The Bertz CT molecular complexity index is 561. The van der Waals surface area contributed by atoms with E-state index in [1.165, 1.54) is 0 Å². The van der Waals surface area contributed by atoms with Crippen molar-refractivity contribution in [3.8, 4) is 5.75 Å². The summed E-state index contributed by atoms with van der Waals surface area (Å²) in [5.41, 5.74) is 6.50. The normalized spacial score (nSPS) is 16.5. The highest BCUT2D eigenvalue weighted by Gasteiger charge is 2.43. The third-order valence-electron chi connectivity index (χ3n) is 3.28. The number of benzene rings is 1. The first kappa shape index (κ1) is 11.1. The van der Waals surface area contributed by atoms with Gasteiger partial charge in [0, 0.05) is 5.41 Å². The van der Waals surface area contributed by atoms with E-state index in [-0.39, 0.29) is 12.0 Å². The van der Waals surface area contributed by atoms with Crippen molar-refractivity contribution < 1.29 is 9.26 Å². The molecule has 1 aliphatic rings. The van der Waals surface area contributed by atoms with E-state index in [0.717, 1.165) is 18.7 Å². The third kappa shape index (κ3) is 2.03. The fourth-order valence-electron chi connectivity index (χ4n) is 1.72. The first-order valence-electron chi connectivity index (χ1n) is 5.98. The number of hydrogen-bond donors (Lipinski definition) is 1. The van der Waals surface area contributed by atoms with Gasteiger partial charge in [0.1, 0.15) is 5.75 Å². The van der Waals surface area contributed by atoms with E-state index >= 15 is 0 Å². The van der Waals surface area contributed by atoms with Crippen LogP contribution < -0.4 is 10.5 Å². The van der Waals surface area contributed by atoms with Gasteiger partial charge in [0.2, 0.25) is 0 Å². The Hall–Kier alpha value is -2.04. The van der Waals surface area contributed by atoms with E-state index in [1.54, 1.807) is 6.07 Å². The van der Waals surface area contributed by atoms with Gasteiger partial charge in [-0.2, -0.15) is 4.98 Å². The Morgan fingerprint density at radius 2 is 2.17 bits per heavy atom. The summed E-state index contributed by atoms with van der Waals surface area (Å²) in [5, 5.41) is 3.99. The Morgan fingerprint density at radius 1 is 1.39 bits per heavy atom. The van der Waals surface area contributed by atoms with Gasteiger partial charge in [-0.25, -0.2) is 0 Å². The third-order valence-corrected chi connectivity index (χ3v) is 3.28. The first-order valence-corrected chi connectivity index (χ1v) is 5.98. The van der Waals surface area contributed by atoms with Gasteiger partial charge in [0.05, 0.1) is 5.69 Å². The molecule has 0 radical (unpaired) electrons. The molecule has 1 heterocycles. The molecule has 0 saturated heterocycles. The van der Waals surface area contributed by atoms with Crippen LogP contribution in [-0.2, 0) is 12.0 Å². The molecule has 1 aromatic heterocycles. The molecule has 5 nitrogen and oxygen atoms in total. The average molecular weight is 245 g/mol. The zero-order chi connectivity index (χ0) is 12.6. The smallest absolute Gasteiger partial charge is 0.264 e. The van der Waals surface area contributed by atoms with Crippen LogP contribution in [0.5, 0.6) is 5.75 Å². The summed E-state index contributed by atoms with van der Waals surface area (Å²) >= 11 is 0. The molecule has 5 heteroatoms. The maximum Gasteiger partial charge on any atom is 0.264 e. The molecular weight excluding hydrogens is 230 g/mol. The van der Waals surface area contributed by atoms with Crippen LogP contribution >= 0.6 is 0 Å². The van der Waals surface area contributed by atoms with Crippen molar-refractivity contribution in [3.05, 3.63) is 36.0 Å². The van der Waals surface area contributed by atoms with Crippen molar-refractivity contribution in [1.82, 2.24) is 10.1 Å². The quantitative estimate of drug-likeness (QED) is 0.836. The molecule has 2 N–H and O–H groups in total. The highest BCUT2D eigenvalue weighted by molar-refractivity contribution is 5.51. The second-order valence-electron chi connectivity index (χ2n) is 4.90. The van der Waals surface area contributed by atoms with Gasteiger partial charge in [-0.1, -0.05) is 24.2 Å². The molecule has 0 unspecified atom stereocenters. The summed E-state index contributed by atoms with van der Waals surface area (Å²) in [7, 11) is 0. The zero-order valence-corrected chi connectivity index (χ0v) is 10.2. The molecule has 1 fully saturated rings. The second-order valence-corrected chi connectivity index (χ2v) is 4.90. The average Bonchev–Trinajstić information content (AvgIpc) is 2.93. The summed E-state index contributed by atoms with van der Waals surface area (Å²) in [6.45, 7) is 2.38. The van der Waals surface area contributed by atoms with Gasteiger partial charge in [-0.05, 0) is 25.0 Å². The standard InChI is InChI=1S/C13H15N3O2/c1-13(6-7-13)12-15-11(18-16-12)8-17-10-5-3-2-4-9(10)14/h2-5H,6-8,14H2,1H3. The van der Waals surface area contributed by atoms with Crippen LogP contribution in [0.4, 0.5) is 5.69 Å². The maximum absolute atomic E-state index is 5.78. The minimum atomic E-state index is 0.119. The topological polar surface area (TPSA) is 74.2 Å². The Balaban J connectivity index is 1.67. The van der Waals surface area contributed by atoms with Gasteiger partial charge in [0.25, 0.3) is 5.89 Å². The van der Waals surface area contributed by atoms with Gasteiger partial charge in [-0.3, -0.25) is 0 Å². The molecule has 3 rings (SSSR count). The summed E-state index contributed by atoms with van der Waals surface area (Å²) < 4.78 is 10.7. The van der Waals surface area contributed by atoms with Crippen LogP contribution in [-0.4, -0.2) is 10.1 Å². The lowest BCUT2D eigenvalue weighted by Crippen LogP contribution is -2.03. The fraction of sp³-hybridized carbons (Fsp3) is 0.385. The number of nitrogens with zero attached hydrogens (tertiary/aromatic N) is 2. The molecule has 0 amide bonds. The van der Waals surface area contributed by atoms with Crippen molar-refractivity contribution in [2.75, 3.05) is 5.73 Å². The van der Waals surface area contributed by atoms with E-state index in [9.17, 15) is 0 Å². The van der Waals surface area contributed by atoms with E-state index in [0.29, 0.717) is 17.3 Å². The number of nitrogens with two attached hydrogens (primary N) is 1. The minimum absolute atomic E-state index is 0.119. The predicted molar refractivity (Wildman–Crippen MR) is 66.1 cm³/mol. The largest absolute Gasteiger partial charge is 0.482 e. The molecule has 18 heavy (non-hydrogen) atoms. The lowest BCUT2D eigenvalue weighted by molar-refractivity contribution is 0.243. The van der Waals surface area contributed by atoms with Crippen molar-refractivity contribution in [2.24, 2.45) is 0 Å².